The van der Waals surface area contributed by atoms with Crippen LogP contribution < -0.4 is 22.1 Å². The molecule has 0 spiro atoms. The van der Waals surface area contributed by atoms with Crippen molar-refractivity contribution in [1.29, 1.82) is 0 Å². The highest BCUT2D eigenvalue weighted by atomic mass is 14.5. The normalized spacial score (nSPS) is 9.75. The van der Waals surface area contributed by atoms with E-state index in [4.69, 9.17) is 5.73 Å². The van der Waals surface area contributed by atoms with E-state index in [1.54, 1.807) is 0 Å². The predicted octanol–water partition coefficient (Wildman–Crippen LogP) is 2.95. The summed E-state index contributed by atoms with van der Waals surface area (Å²) in [6.07, 6.45) is 2.39. The second kappa shape index (κ2) is 10.5. The molecule has 3 aromatic rings. The third-order valence-corrected chi connectivity index (χ3v) is 3.96. The van der Waals surface area contributed by atoms with Gasteiger partial charge in [0.25, 0.3) is 0 Å². The van der Waals surface area contributed by atoms with E-state index in [1.165, 1.54) is 29.2 Å². The topological polar surface area (TPSA) is 26.0 Å². The van der Waals surface area contributed by atoms with Gasteiger partial charge in [-0.05, 0) is 13.0 Å². The van der Waals surface area contributed by atoms with Gasteiger partial charge in [0.1, 0.15) is 0 Å². The first-order valence-electron chi connectivity index (χ1n) is 8.71. The van der Waals surface area contributed by atoms with Crippen LogP contribution >= 0.6 is 0 Å². The van der Waals surface area contributed by atoms with E-state index >= 15 is 0 Å². The van der Waals surface area contributed by atoms with Crippen molar-refractivity contribution < 1.29 is 0 Å². The van der Waals surface area contributed by atoms with Gasteiger partial charge in [-0.1, -0.05) is 121 Å². The molecule has 0 aromatic heterocycles. The van der Waals surface area contributed by atoms with E-state index in [0.717, 1.165) is 6.54 Å². The van der Waals surface area contributed by atoms with Crippen LogP contribution in [-0.2, 0) is 0 Å². The van der Waals surface area contributed by atoms with Crippen LogP contribution in [0, 0.1) is 0 Å². The highest BCUT2D eigenvalue weighted by Crippen LogP contribution is 1.95. The van der Waals surface area contributed by atoms with E-state index in [9.17, 15) is 0 Å². The number of rotatable bonds is 5. The van der Waals surface area contributed by atoms with Crippen molar-refractivity contribution in [2.24, 2.45) is 5.73 Å². The Balaban J connectivity index is 0.000000368. The monoisotopic (exact) mass is 315 g/mol. The van der Waals surface area contributed by atoms with E-state index in [-0.39, 0.29) is 0 Å². The maximum atomic E-state index is 5.14. The maximum Gasteiger partial charge on any atom is 0.241 e. The van der Waals surface area contributed by atoms with E-state index in [1.807, 2.05) is 0 Å². The molecule has 0 unspecified atom stereocenters. The van der Waals surface area contributed by atoms with Gasteiger partial charge >= 0.3 is 0 Å². The maximum absolute atomic E-state index is 5.14. The Labute approximate surface area is 146 Å². The van der Waals surface area contributed by atoms with E-state index in [0.29, 0.717) is 6.71 Å². The van der Waals surface area contributed by atoms with Crippen LogP contribution in [0.15, 0.2) is 91.0 Å². The Morgan fingerprint density at radius 1 is 0.625 bits per heavy atom. The molecule has 2 N–H and O–H groups in total. The second-order valence-corrected chi connectivity index (χ2v) is 5.81. The zero-order valence-electron chi connectivity index (χ0n) is 14.4. The number of nitrogens with two attached hydrogens (primary N) is 1. The van der Waals surface area contributed by atoms with Crippen LogP contribution in [0.2, 0.25) is 0 Å². The summed E-state index contributed by atoms with van der Waals surface area (Å²) in [5.41, 5.74) is 9.14. The first kappa shape index (κ1) is 18.0. The first-order chi connectivity index (χ1) is 11.9. The smallest absolute Gasteiger partial charge is 0.241 e. The molecule has 0 aliphatic heterocycles. The molecule has 0 saturated heterocycles. The largest absolute Gasteiger partial charge is 0.330 e. The molecule has 0 heterocycles. The van der Waals surface area contributed by atoms with Crippen molar-refractivity contribution in [3.05, 3.63) is 91.0 Å². The summed E-state index contributed by atoms with van der Waals surface area (Å²) in [4.78, 5) is 0. The highest BCUT2D eigenvalue weighted by molar-refractivity contribution is 6.95. The summed E-state index contributed by atoms with van der Waals surface area (Å²) >= 11 is 0. The Kier molecular flexibility index (Phi) is 7.86. The van der Waals surface area contributed by atoms with Crippen molar-refractivity contribution in [1.82, 2.24) is 0 Å². The molecule has 0 bridgehead atoms. The third kappa shape index (κ3) is 5.40. The van der Waals surface area contributed by atoms with E-state index in [2.05, 4.69) is 97.9 Å². The molecule has 122 valence electrons. The predicted molar refractivity (Wildman–Crippen MR) is 108 cm³/mol. The van der Waals surface area contributed by atoms with Gasteiger partial charge in [0.2, 0.25) is 6.71 Å². The van der Waals surface area contributed by atoms with Crippen molar-refractivity contribution in [3.8, 4) is 0 Å². The highest BCUT2D eigenvalue weighted by Gasteiger charge is 2.20. The number of unbranched alkanes of at least 4 members (excludes halogenated alkanes) is 1. The lowest BCUT2D eigenvalue weighted by atomic mass is 9.37. The van der Waals surface area contributed by atoms with Gasteiger partial charge in [0.05, 0.1) is 0 Å². The fourth-order valence-electron chi connectivity index (χ4n) is 2.72. The molecule has 0 fully saturated rings. The molecule has 3 rings (SSSR count). The van der Waals surface area contributed by atoms with Gasteiger partial charge in [-0.15, -0.1) is 0 Å². The molecule has 0 amide bonds. The molecular formula is C22H26BN. The summed E-state index contributed by atoms with van der Waals surface area (Å²) in [6, 6.07) is 32.0. The molecule has 1 nitrogen and oxygen atoms in total. The lowest BCUT2D eigenvalue weighted by molar-refractivity contribution is 0.807. The molecule has 0 atom stereocenters. The molecule has 0 aliphatic carbocycles. The van der Waals surface area contributed by atoms with Crippen molar-refractivity contribution in [3.63, 3.8) is 0 Å². The minimum absolute atomic E-state index is 0.309. The van der Waals surface area contributed by atoms with Crippen LogP contribution in [0.3, 0.4) is 0 Å². The SMILES string of the molecule is CCCCN.c1ccc(B(c2ccccc2)c2ccccc2)cc1. The fraction of sp³-hybridized carbons (Fsp3) is 0.182. The van der Waals surface area contributed by atoms with Crippen LogP contribution in [0.5, 0.6) is 0 Å². The van der Waals surface area contributed by atoms with Crippen molar-refractivity contribution >= 4 is 23.1 Å². The van der Waals surface area contributed by atoms with Crippen molar-refractivity contribution in [2.45, 2.75) is 19.8 Å². The van der Waals surface area contributed by atoms with Crippen LogP contribution in [0.25, 0.3) is 0 Å². The van der Waals surface area contributed by atoms with Gasteiger partial charge in [-0.25, -0.2) is 0 Å². The summed E-state index contributed by atoms with van der Waals surface area (Å²) in [5, 5.41) is 0. The summed E-state index contributed by atoms with van der Waals surface area (Å²) in [6.45, 7) is 3.28. The molecule has 3 aromatic carbocycles. The van der Waals surface area contributed by atoms with Crippen LogP contribution in [-0.4, -0.2) is 13.3 Å². The minimum Gasteiger partial charge on any atom is -0.330 e. The van der Waals surface area contributed by atoms with Gasteiger partial charge in [-0.2, -0.15) is 0 Å². The number of hydrogen-bond acceptors (Lipinski definition) is 1. The first-order valence-corrected chi connectivity index (χ1v) is 8.71. The summed E-state index contributed by atoms with van der Waals surface area (Å²) in [7, 11) is 0. The number of benzene rings is 3. The quantitative estimate of drug-likeness (QED) is 0.720. The lowest BCUT2D eigenvalue weighted by Crippen LogP contribution is -2.51. The minimum atomic E-state index is 0.309. The molecule has 2 heteroatoms. The second-order valence-electron chi connectivity index (χ2n) is 5.81. The van der Waals surface area contributed by atoms with Crippen LogP contribution in [0.4, 0.5) is 0 Å². The van der Waals surface area contributed by atoms with E-state index < -0.39 is 0 Å². The molecular weight excluding hydrogens is 289 g/mol. The molecule has 0 saturated carbocycles. The average molecular weight is 315 g/mol. The summed E-state index contributed by atoms with van der Waals surface area (Å²) in [5.74, 6) is 0. The Morgan fingerprint density at radius 3 is 1.17 bits per heavy atom. The number of hydrogen-bond donors (Lipinski definition) is 1. The van der Waals surface area contributed by atoms with Crippen molar-refractivity contribution in [2.75, 3.05) is 6.54 Å². The van der Waals surface area contributed by atoms with Gasteiger partial charge in [0.15, 0.2) is 0 Å². The Bertz CT molecular complexity index is 572. The lowest BCUT2D eigenvalue weighted by Gasteiger charge is -2.15. The zero-order chi connectivity index (χ0) is 17.0. The van der Waals surface area contributed by atoms with Crippen LogP contribution in [0.1, 0.15) is 19.8 Å². The van der Waals surface area contributed by atoms with Gasteiger partial charge in [0, 0.05) is 0 Å². The molecule has 0 aliphatic rings. The average Bonchev–Trinajstić information content (AvgIpc) is 2.66. The standard InChI is InChI=1S/C18H15B.C4H11N/c1-4-10-16(11-5-1)19(17-12-6-2-7-13-17)18-14-8-3-9-15-18;1-2-3-4-5/h1-15H;2-5H2,1H3. The van der Waals surface area contributed by atoms with Gasteiger partial charge < -0.3 is 5.73 Å². The molecule has 0 radical (unpaired) electrons. The fourth-order valence-corrected chi connectivity index (χ4v) is 2.72. The van der Waals surface area contributed by atoms with Gasteiger partial charge in [-0.3, -0.25) is 0 Å². The third-order valence-electron chi connectivity index (χ3n) is 3.96. The zero-order valence-corrected chi connectivity index (χ0v) is 14.4. The Hall–Kier alpha value is -2.32. The Morgan fingerprint density at radius 2 is 0.958 bits per heavy atom. The summed E-state index contributed by atoms with van der Waals surface area (Å²) < 4.78 is 0. The molecule has 24 heavy (non-hydrogen) atoms.